The molecule has 0 aliphatic heterocycles. The van der Waals surface area contributed by atoms with E-state index in [4.69, 9.17) is 5.73 Å². The summed E-state index contributed by atoms with van der Waals surface area (Å²) in [7, 11) is 2.00. The third kappa shape index (κ3) is 3.21. The molecule has 0 heterocycles. The predicted octanol–water partition coefficient (Wildman–Crippen LogP) is 1.22. The maximum atomic E-state index is 5.61. The molecule has 0 amide bonds. The van der Waals surface area contributed by atoms with E-state index in [1.54, 1.807) is 0 Å². The summed E-state index contributed by atoms with van der Waals surface area (Å²) in [5, 5.41) is 3.31. The van der Waals surface area contributed by atoms with Crippen molar-refractivity contribution in [3.8, 4) is 0 Å². The molecular weight excluding hydrogens is 136 g/mol. The first kappa shape index (κ1) is 10.9. The van der Waals surface area contributed by atoms with Crippen molar-refractivity contribution in [3.05, 3.63) is 0 Å². The van der Waals surface area contributed by atoms with Gasteiger partial charge in [-0.2, -0.15) is 0 Å². The lowest BCUT2D eigenvalue weighted by Gasteiger charge is -2.34. The lowest BCUT2D eigenvalue weighted by Crippen LogP contribution is -2.45. The molecule has 0 saturated heterocycles. The van der Waals surface area contributed by atoms with Gasteiger partial charge < -0.3 is 11.1 Å². The summed E-state index contributed by atoms with van der Waals surface area (Å²) in [5.41, 5.74) is 5.90. The van der Waals surface area contributed by atoms with Gasteiger partial charge in [0.25, 0.3) is 0 Å². The molecule has 0 radical (unpaired) electrons. The van der Waals surface area contributed by atoms with Gasteiger partial charge in [-0.3, -0.25) is 0 Å². The summed E-state index contributed by atoms with van der Waals surface area (Å²) in [6.07, 6.45) is 0. The first-order valence-corrected chi connectivity index (χ1v) is 4.30. The number of nitrogens with two attached hydrogens (primary N) is 1. The summed E-state index contributed by atoms with van der Waals surface area (Å²) in [4.78, 5) is 0. The largest absolute Gasteiger partial charge is 0.330 e. The number of hydrogen-bond acceptors (Lipinski definition) is 2. The van der Waals surface area contributed by atoms with E-state index in [2.05, 4.69) is 33.0 Å². The monoisotopic (exact) mass is 158 g/mol. The Balaban J connectivity index is 4.16. The van der Waals surface area contributed by atoms with E-state index in [1.165, 1.54) is 0 Å². The maximum Gasteiger partial charge on any atom is 0.0150 e. The van der Waals surface area contributed by atoms with Crippen molar-refractivity contribution in [3.63, 3.8) is 0 Å². The molecule has 0 spiro atoms. The highest BCUT2D eigenvalue weighted by atomic mass is 14.9. The molecule has 0 aliphatic carbocycles. The van der Waals surface area contributed by atoms with Crippen molar-refractivity contribution in [1.82, 2.24) is 5.32 Å². The van der Waals surface area contributed by atoms with Crippen LogP contribution in [0.4, 0.5) is 0 Å². The molecule has 2 nitrogen and oxygen atoms in total. The van der Waals surface area contributed by atoms with Crippen LogP contribution in [0.15, 0.2) is 0 Å². The Labute approximate surface area is 70.5 Å². The standard InChI is InChI=1S/C9H22N2/c1-7(6-10)8(11-5)9(2,3)4/h7-8,11H,6,10H2,1-5H3. The molecule has 0 aromatic rings. The third-order valence-electron chi connectivity index (χ3n) is 2.18. The number of hydrogen-bond donors (Lipinski definition) is 2. The minimum absolute atomic E-state index is 0.299. The highest BCUT2D eigenvalue weighted by Crippen LogP contribution is 2.24. The van der Waals surface area contributed by atoms with Crippen LogP contribution in [0.5, 0.6) is 0 Å². The van der Waals surface area contributed by atoms with Crippen LogP contribution in [-0.4, -0.2) is 19.6 Å². The molecular formula is C9H22N2. The average Bonchev–Trinajstić information content (AvgIpc) is 1.86. The van der Waals surface area contributed by atoms with E-state index in [9.17, 15) is 0 Å². The van der Waals surface area contributed by atoms with Crippen molar-refractivity contribution < 1.29 is 0 Å². The molecule has 0 rings (SSSR count). The van der Waals surface area contributed by atoms with Gasteiger partial charge in [-0.05, 0) is 24.9 Å². The zero-order valence-corrected chi connectivity index (χ0v) is 8.44. The van der Waals surface area contributed by atoms with Crippen LogP contribution in [-0.2, 0) is 0 Å². The zero-order chi connectivity index (χ0) is 9.07. The quantitative estimate of drug-likeness (QED) is 0.648. The average molecular weight is 158 g/mol. The normalized spacial score (nSPS) is 18.0. The molecule has 0 aromatic carbocycles. The number of rotatable bonds is 3. The Hall–Kier alpha value is -0.0800. The molecule has 0 bridgehead atoms. The van der Waals surface area contributed by atoms with E-state index < -0.39 is 0 Å². The van der Waals surface area contributed by atoms with Gasteiger partial charge in [0, 0.05) is 6.04 Å². The fourth-order valence-electron chi connectivity index (χ4n) is 1.71. The van der Waals surface area contributed by atoms with Gasteiger partial charge in [0.1, 0.15) is 0 Å². The van der Waals surface area contributed by atoms with E-state index in [1.807, 2.05) is 7.05 Å². The molecule has 0 saturated carbocycles. The Bertz CT molecular complexity index is 105. The van der Waals surface area contributed by atoms with Gasteiger partial charge in [-0.15, -0.1) is 0 Å². The molecule has 2 heteroatoms. The van der Waals surface area contributed by atoms with Gasteiger partial charge in [0.05, 0.1) is 0 Å². The van der Waals surface area contributed by atoms with Gasteiger partial charge in [0.2, 0.25) is 0 Å². The first-order valence-electron chi connectivity index (χ1n) is 4.30. The summed E-state index contributed by atoms with van der Waals surface area (Å²) in [5.74, 6) is 0.542. The fourth-order valence-corrected chi connectivity index (χ4v) is 1.71. The molecule has 3 N–H and O–H groups in total. The minimum atomic E-state index is 0.299. The van der Waals surface area contributed by atoms with Crippen LogP contribution in [0.25, 0.3) is 0 Å². The first-order chi connectivity index (χ1) is 4.93. The smallest absolute Gasteiger partial charge is 0.0150 e. The van der Waals surface area contributed by atoms with Crippen LogP contribution in [0.1, 0.15) is 27.7 Å². The van der Waals surface area contributed by atoms with Crippen LogP contribution < -0.4 is 11.1 Å². The molecule has 68 valence electrons. The number of nitrogens with one attached hydrogen (secondary N) is 1. The van der Waals surface area contributed by atoms with Crippen LogP contribution in [0, 0.1) is 11.3 Å². The second-order valence-corrected chi connectivity index (χ2v) is 4.35. The second-order valence-electron chi connectivity index (χ2n) is 4.35. The topological polar surface area (TPSA) is 38.0 Å². The summed E-state index contributed by atoms with van der Waals surface area (Å²) >= 11 is 0. The van der Waals surface area contributed by atoms with Crippen molar-refractivity contribution in [2.75, 3.05) is 13.6 Å². The molecule has 2 atom stereocenters. The van der Waals surface area contributed by atoms with Gasteiger partial charge in [-0.1, -0.05) is 27.7 Å². The molecule has 0 aromatic heterocycles. The summed E-state index contributed by atoms with van der Waals surface area (Å²) in [6, 6.07) is 0.507. The van der Waals surface area contributed by atoms with Crippen LogP contribution >= 0.6 is 0 Å². The zero-order valence-electron chi connectivity index (χ0n) is 8.44. The lowest BCUT2D eigenvalue weighted by atomic mass is 9.80. The third-order valence-corrected chi connectivity index (χ3v) is 2.18. The highest BCUT2D eigenvalue weighted by Gasteiger charge is 2.26. The van der Waals surface area contributed by atoms with E-state index in [0.29, 0.717) is 17.4 Å². The van der Waals surface area contributed by atoms with E-state index >= 15 is 0 Å². The maximum absolute atomic E-state index is 5.61. The van der Waals surface area contributed by atoms with Crippen LogP contribution in [0.2, 0.25) is 0 Å². The van der Waals surface area contributed by atoms with Gasteiger partial charge in [0.15, 0.2) is 0 Å². The van der Waals surface area contributed by atoms with Crippen molar-refractivity contribution in [1.29, 1.82) is 0 Å². The summed E-state index contributed by atoms with van der Waals surface area (Å²) in [6.45, 7) is 9.65. The van der Waals surface area contributed by atoms with Gasteiger partial charge in [-0.25, -0.2) is 0 Å². The Morgan fingerprint density at radius 2 is 1.82 bits per heavy atom. The Kier molecular flexibility index (Phi) is 4.04. The van der Waals surface area contributed by atoms with Crippen molar-refractivity contribution >= 4 is 0 Å². The predicted molar refractivity (Wildman–Crippen MR) is 50.5 cm³/mol. The van der Waals surface area contributed by atoms with Crippen LogP contribution in [0.3, 0.4) is 0 Å². The minimum Gasteiger partial charge on any atom is -0.330 e. The molecule has 0 aliphatic rings. The Morgan fingerprint density at radius 3 is 1.91 bits per heavy atom. The van der Waals surface area contributed by atoms with Gasteiger partial charge >= 0.3 is 0 Å². The van der Waals surface area contributed by atoms with E-state index in [-0.39, 0.29) is 0 Å². The molecule has 11 heavy (non-hydrogen) atoms. The lowest BCUT2D eigenvalue weighted by molar-refractivity contribution is 0.217. The van der Waals surface area contributed by atoms with E-state index in [0.717, 1.165) is 6.54 Å². The van der Waals surface area contributed by atoms with Crippen molar-refractivity contribution in [2.45, 2.75) is 33.7 Å². The molecule has 2 unspecified atom stereocenters. The summed E-state index contributed by atoms with van der Waals surface area (Å²) < 4.78 is 0. The SMILES string of the molecule is CNC(C(C)CN)C(C)(C)C. The second kappa shape index (κ2) is 4.07. The van der Waals surface area contributed by atoms with Crippen molar-refractivity contribution in [2.24, 2.45) is 17.1 Å². The Morgan fingerprint density at radius 1 is 1.36 bits per heavy atom. The highest BCUT2D eigenvalue weighted by molar-refractivity contribution is 4.83. The molecule has 0 fully saturated rings. The fraction of sp³-hybridized carbons (Fsp3) is 1.00.